The second-order valence-corrected chi connectivity index (χ2v) is 11.4. The minimum atomic E-state index is -3.42. The number of para-hydroxylation sites is 1. The van der Waals surface area contributed by atoms with Crippen LogP contribution < -0.4 is 4.90 Å². The van der Waals surface area contributed by atoms with Crippen molar-refractivity contribution in [3.05, 3.63) is 48.0 Å². The monoisotopic (exact) mass is 527 g/mol. The number of carbonyl (C=O) groups excluding carboxylic acids is 1. The Labute approximate surface area is 208 Å². The number of hydrogen-bond donors (Lipinski definition) is 0. The lowest BCUT2D eigenvalue weighted by atomic mass is 10.2. The standard InChI is InChI=1S/C22H25N3O4S3.ClH/c1-30-18-7-4-8-19-20(18)23-22(31-19)25(10-9-24-11-13-29-14-12-24)21(26)16-5-3-6-17(15-16)32(2,27)28;/h3-8,15H,9-14H2,1-2H3;1H. The van der Waals surface area contributed by atoms with Crippen molar-refractivity contribution in [3.63, 3.8) is 0 Å². The number of halogens is 1. The number of rotatable bonds is 7. The van der Waals surface area contributed by atoms with E-state index in [9.17, 15) is 13.2 Å². The third-order valence-corrected chi connectivity index (χ3v) is 8.24. The second kappa shape index (κ2) is 11.2. The Kier molecular flexibility index (Phi) is 8.76. The highest BCUT2D eigenvalue weighted by Crippen LogP contribution is 2.34. The molecular formula is C22H26ClN3O4S3. The number of aromatic nitrogens is 1. The lowest BCUT2D eigenvalue weighted by molar-refractivity contribution is 0.0391. The minimum absolute atomic E-state index is 0. The van der Waals surface area contributed by atoms with Gasteiger partial charge in [-0.2, -0.15) is 0 Å². The number of amides is 1. The van der Waals surface area contributed by atoms with Gasteiger partial charge in [-0.25, -0.2) is 13.4 Å². The van der Waals surface area contributed by atoms with Gasteiger partial charge in [0, 0.05) is 42.9 Å². The molecule has 0 N–H and O–H groups in total. The van der Waals surface area contributed by atoms with Gasteiger partial charge in [0.25, 0.3) is 5.91 Å². The van der Waals surface area contributed by atoms with Gasteiger partial charge in [0.15, 0.2) is 15.0 Å². The van der Waals surface area contributed by atoms with E-state index in [0.29, 0.717) is 37.0 Å². The predicted molar refractivity (Wildman–Crippen MR) is 137 cm³/mol. The van der Waals surface area contributed by atoms with E-state index >= 15 is 0 Å². The van der Waals surface area contributed by atoms with Crippen LogP contribution >= 0.6 is 35.5 Å². The highest BCUT2D eigenvalue weighted by atomic mass is 35.5. The van der Waals surface area contributed by atoms with Crippen LogP contribution in [0, 0.1) is 0 Å². The van der Waals surface area contributed by atoms with E-state index in [1.165, 1.54) is 23.5 Å². The number of benzene rings is 2. The van der Waals surface area contributed by atoms with Gasteiger partial charge in [-0.15, -0.1) is 24.2 Å². The fourth-order valence-corrected chi connectivity index (χ4v) is 5.87. The van der Waals surface area contributed by atoms with Crippen LogP contribution in [0.25, 0.3) is 10.2 Å². The van der Waals surface area contributed by atoms with Crippen molar-refractivity contribution in [2.24, 2.45) is 0 Å². The van der Waals surface area contributed by atoms with Crippen LogP contribution in [0.4, 0.5) is 5.13 Å². The molecule has 7 nitrogen and oxygen atoms in total. The fourth-order valence-electron chi connectivity index (χ4n) is 3.56. The lowest BCUT2D eigenvalue weighted by Crippen LogP contribution is -2.43. The quantitative estimate of drug-likeness (QED) is 0.432. The van der Waals surface area contributed by atoms with E-state index < -0.39 is 9.84 Å². The highest BCUT2D eigenvalue weighted by molar-refractivity contribution is 7.98. The molecule has 33 heavy (non-hydrogen) atoms. The molecule has 2 aromatic carbocycles. The topological polar surface area (TPSA) is 79.8 Å². The molecule has 1 saturated heterocycles. The number of carbonyl (C=O) groups is 1. The summed E-state index contributed by atoms with van der Waals surface area (Å²) in [6.45, 7) is 4.15. The van der Waals surface area contributed by atoms with Crippen LogP contribution in [0.3, 0.4) is 0 Å². The minimum Gasteiger partial charge on any atom is -0.379 e. The normalized spacial score (nSPS) is 14.7. The molecule has 0 radical (unpaired) electrons. The van der Waals surface area contributed by atoms with Crippen LogP contribution in [0.2, 0.25) is 0 Å². The SMILES string of the molecule is CSc1cccc2sc(N(CCN3CCOCC3)C(=O)c3cccc(S(C)(=O)=O)c3)nc12.Cl. The summed E-state index contributed by atoms with van der Waals surface area (Å²) in [5.74, 6) is -0.256. The van der Waals surface area contributed by atoms with Crippen molar-refractivity contribution in [2.45, 2.75) is 9.79 Å². The molecule has 1 aliphatic heterocycles. The maximum absolute atomic E-state index is 13.6. The van der Waals surface area contributed by atoms with Crippen molar-refractivity contribution >= 4 is 66.6 Å². The van der Waals surface area contributed by atoms with Gasteiger partial charge >= 0.3 is 0 Å². The van der Waals surface area contributed by atoms with Gasteiger partial charge < -0.3 is 4.74 Å². The molecule has 0 saturated carbocycles. The molecule has 4 rings (SSSR count). The molecular weight excluding hydrogens is 502 g/mol. The molecule has 1 aromatic heterocycles. The number of thioether (sulfide) groups is 1. The third-order valence-electron chi connectivity index (χ3n) is 5.32. The number of ether oxygens (including phenoxy) is 1. The average Bonchev–Trinajstić information content (AvgIpc) is 3.23. The Balaban J connectivity index is 0.00000306. The van der Waals surface area contributed by atoms with Gasteiger partial charge in [0.1, 0.15) is 0 Å². The summed E-state index contributed by atoms with van der Waals surface area (Å²) < 4.78 is 30.5. The largest absolute Gasteiger partial charge is 0.379 e. The van der Waals surface area contributed by atoms with E-state index in [4.69, 9.17) is 9.72 Å². The number of nitrogens with zero attached hydrogens (tertiary/aromatic N) is 3. The summed E-state index contributed by atoms with van der Waals surface area (Å²) in [5, 5.41) is 0.615. The van der Waals surface area contributed by atoms with Crippen molar-refractivity contribution < 1.29 is 17.9 Å². The number of anilines is 1. The highest BCUT2D eigenvalue weighted by Gasteiger charge is 2.24. The molecule has 0 spiro atoms. The van der Waals surface area contributed by atoms with E-state index in [0.717, 1.165) is 34.5 Å². The third kappa shape index (κ3) is 6.06. The van der Waals surface area contributed by atoms with Gasteiger partial charge in [0.05, 0.1) is 28.3 Å². The molecule has 0 atom stereocenters. The molecule has 0 aliphatic carbocycles. The van der Waals surface area contributed by atoms with Crippen LogP contribution in [-0.4, -0.2) is 76.1 Å². The van der Waals surface area contributed by atoms with Crippen LogP contribution in [0.5, 0.6) is 0 Å². The summed E-state index contributed by atoms with van der Waals surface area (Å²) in [4.78, 5) is 23.5. The summed E-state index contributed by atoms with van der Waals surface area (Å²) >= 11 is 3.09. The van der Waals surface area contributed by atoms with Gasteiger partial charge in [-0.1, -0.05) is 23.5 Å². The van der Waals surface area contributed by atoms with Gasteiger partial charge in [0.2, 0.25) is 0 Å². The van der Waals surface area contributed by atoms with E-state index in [2.05, 4.69) is 4.90 Å². The lowest BCUT2D eigenvalue weighted by Gasteiger charge is -2.29. The Morgan fingerprint density at radius 1 is 1.21 bits per heavy atom. The molecule has 0 unspecified atom stereocenters. The maximum Gasteiger partial charge on any atom is 0.260 e. The number of sulfone groups is 1. The zero-order valence-corrected chi connectivity index (χ0v) is 21.7. The number of fused-ring (bicyclic) bond motifs is 1. The number of hydrogen-bond acceptors (Lipinski definition) is 8. The summed E-state index contributed by atoms with van der Waals surface area (Å²) in [6.07, 6.45) is 3.15. The summed E-state index contributed by atoms with van der Waals surface area (Å²) in [5.41, 5.74) is 1.22. The maximum atomic E-state index is 13.6. The van der Waals surface area contributed by atoms with Gasteiger partial charge in [-0.05, 0) is 36.6 Å². The van der Waals surface area contributed by atoms with Crippen LogP contribution in [0.1, 0.15) is 10.4 Å². The molecule has 1 fully saturated rings. The second-order valence-electron chi connectivity index (χ2n) is 7.51. The first-order valence-electron chi connectivity index (χ1n) is 10.2. The molecule has 3 aromatic rings. The zero-order valence-electron chi connectivity index (χ0n) is 18.4. The van der Waals surface area contributed by atoms with Crippen molar-refractivity contribution in [3.8, 4) is 0 Å². The molecule has 11 heteroatoms. The average molecular weight is 528 g/mol. The van der Waals surface area contributed by atoms with Crippen LogP contribution in [-0.2, 0) is 14.6 Å². The first-order valence-corrected chi connectivity index (χ1v) is 14.2. The molecule has 1 amide bonds. The van der Waals surface area contributed by atoms with Gasteiger partial charge in [-0.3, -0.25) is 14.6 Å². The Morgan fingerprint density at radius 3 is 2.64 bits per heavy atom. The van der Waals surface area contributed by atoms with E-state index in [1.54, 1.807) is 28.8 Å². The first-order chi connectivity index (χ1) is 15.4. The Bertz CT molecular complexity index is 1230. The zero-order chi connectivity index (χ0) is 22.7. The Morgan fingerprint density at radius 2 is 1.94 bits per heavy atom. The first kappa shape index (κ1) is 25.9. The fraction of sp³-hybridized carbons (Fsp3) is 0.364. The van der Waals surface area contributed by atoms with E-state index in [1.807, 2.05) is 24.5 Å². The molecule has 0 bridgehead atoms. The summed E-state index contributed by atoms with van der Waals surface area (Å²) in [7, 11) is -3.42. The predicted octanol–water partition coefficient (Wildman–Crippen LogP) is 3.82. The van der Waals surface area contributed by atoms with Crippen molar-refractivity contribution in [1.82, 2.24) is 9.88 Å². The molecule has 178 valence electrons. The Hall–Kier alpha value is -1.69. The van der Waals surface area contributed by atoms with E-state index in [-0.39, 0.29) is 23.2 Å². The smallest absolute Gasteiger partial charge is 0.260 e. The van der Waals surface area contributed by atoms with Crippen molar-refractivity contribution in [2.75, 3.05) is 56.8 Å². The molecule has 1 aliphatic rings. The van der Waals surface area contributed by atoms with Crippen LogP contribution in [0.15, 0.2) is 52.3 Å². The van der Waals surface area contributed by atoms with Crippen molar-refractivity contribution in [1.29, 1.82) is 0 Å². The number of morpholine rings is 1. The summed E-state index contributed by atoms with van der Waals surface area (Å²) in [6, 6.07) is 12.2. The number of thiazole rings is 1. The molecule has 2 heterocycles.